The number of rotatable bonds is 3. The molecule has 1 heterocycles. The molecule has 0 bridgehead atoms. The molecule has 3 nitrogen and oxygen atoms in total. The maximum absolute atomic E-state index is 12.0. The third-order valence-corrected chi connectivity index (χ3v) is 3.81. The van der Waals surface area contributed by atoms with E-state index in [1.165, 1.54) is 11.3 Å². The number of ether oxygens (including phenoxy) is 1. The van der Waals surface area contributed by atoms with E-state index in [1.54, 1.807) is 11.6 Å². The normalized spacial score (nSPS) is 10.7. The number of thiazole rings is 1. The van der Waals surface area contributed by atoms with Crippen LogP contribution < -0.4 is 0 Å². The number of hydrogen-bond donors (Lipinski definition) is 0. The van der Waals surface area contributed by atoms with E-state index in [0.717, 1.165) is 21.3 Å². The van der Waals surface area contributed by atoms with Crippen LogP contribution in [0.15, 0.2) is 48.0 Å². The molecule has 3 rings (SSSR count). The summed E-state index contributed by atoms with van der Waals surface area (Å²) < 4.78 is 6.34. The van der Waals surface area contributed by atoms with Gasteiger partial charge in [-0.05, 0) is 30.7 Å². The van der Waals surface area contributed by atoms with Crippen molar-refractivity contribution in [3.8, 4) is 0 Å². The average molecular weight is 283 g/mol. The van der Waals surface area contributed by atoms with Gasteiger partial charge in [0.05, 0.1) is 21.3 Å². The summed E-state index contributed by atoms with van der Waals surface area (Å²) in [6, 6.07) is 13.4. The highest BCUT2D eigenvalue weighted by molar-refractivity contribution is 7.16. The Labute approximate surface area is 120 Å². The molecule has 0 amide bonds. The highest BCUT2D eigenvalue weighted by atomic mass is 32.1. The van der Waals surface area contributed by atoms with E-state index in [4.69, 9.17) is 4.74 Å². The van der Waals surface area contributed by atoms with Crippen LogP contribution >= 0.6 is 11.3 Å². The van der Waals surface area contributed by atoms with Crippen molar-refractivity contribution in [1.29, 1.82) is 0 Å². The molecule has 0 N–H and O–H groups in total. The fraction of sp³-hybridized carbons (Fsp3) is 0.125. The maximum atomic E-state index is 12.0. The quantitative estimate of drug-likeness (QED) is 0.683. The molecule has 0 fully saturated rings. The molecule has 0 saturated carbocycles. The molecule has 2 aromatic carbocycles. The van der Waals surface area contributed by atoms with Gasteiger partial charge in [-0.25, -0.2) is 9.78 Å². The van der Waals surface area contributed by atoms with Gasteiger partial charge in [-0.15, -0.1) is 11.3 Å². The third-order valence-electron chi connectivity index (χ3n) is 3.02. The predicted octanol–water partition coefficient (Wildman–Crippen LogP) is 3.96. The lowest BCUT2D eigenvalue weighted by Gasteiger charge is -2.05. The second-order valence-corrected chi connectivity index (χ2v) is 5.49. The van der Waals surface area contributed by atoms with E-state index in [9.17, 15) is 4.79 Å². The largest absolute Gasteiger partial charge is 0.457 e. The van der Waals surface area contributed by atoms with Gasteiger partial charge in [0.15, 0.2) is 0 Å². The van der Waals surface area contributed by atoms with Crippen LogP contribution in [0.2, 0.25) is 0 Å². The summed E-state index contributed by atoms with van der Waals surface area (Å²) in [4.78, 5) is 16.2. The first-order chi connectivity index (χ1) is 9.72. The number of carbonyl (C=O) groups is 1. The summed E-state index contributed by atoms with van der Waals surface area (Å²) in [5.74, 6) is -0.304. The lowest BCUT2D eigenvalue weighted by atomic mass is 10.1. The van der Waals surface area contributed by atoms with E-state index < -0.39 is 0 Å². The molecule has 3 aromatic rings. The summed E-state index contributed by atoms with van der Waals surface area (Å²) in [7, 11) is 0. The molecular weight excluding hydrogens is 270 g/mol. The van der Waals surface area contributed by atoms with Crippen molar-refractivity contribution in [2.45, 2.75) is 13.5 Å². The molecule has 0 aliphatic carbocycles. The van der Waals surface area contributed by atoms with Crippen molar-refractivity contribution in [3.05, 3.63) is 64.7 Å². The molecule has 4 heteroatoms. The van der Waals surface area contributed by atoms with Crippen LogP contribution in [0.4, 0.5) is 0 Å². The third kappa shape index (κ3) is 2.70. The van der Waals surface area contributed by atoms with Gasteiger partial charge in [-0.3, -0.25) is 0 Å². The number of esters is 1. The van der Waals surface area contributed by atoms with E-state index in [2.05, 4.69) is 4.98 Å². The van der Waals surface area contributed by atoms with Gasteiger partial charge in [0, 0.05) is 0 Å². The molecule has 0 aliphatic heterocycles. The lowest BCUT2D eigenvalue weighted by molar-refractivity contribution is 0.0473. The minimum absolute atomic E-state index is 0.293. The van der Waals surface area contributed by atoms with Crippen molar-refractivity contribution in [2.24, 2.45) is 0 Å². The number of aromatic nitrogens is 1. The summed E-state index contributed by atoms with van der Waals surface area (Å²) in [5.41, 5.74) is 5.40. The lowest BCUT2D eigenvalue weighted by Crippen LogP contribution is -2.05. The molecule has 20 heavy (non-hydrogen) atoms. The van der Waals surface area contributed by atoms with Crippen LogP contribution in [-0.4, -0.2) is 11.0 Å². The van der Waals surface area contributed by atoms with Gasteiger partial charge in [0.1, 0.15) is 6.61 Å². The fourth-order valence-electron chi connectivity index (χ4n) is 2.02. The molecule has 0 radical (unpaired) electrons. The summed E-state index contributed by atoms with van der Waals surface area (Å²) in [6.45, 7) is 2.31. The van der Waals surface area contributed by atoms with Crippen LogP contribution in [-0.2, 0) is 11.3 Å². The van der Waals surface area contributed by atoms with Crippen molar-refractivity contribution in [1.82, 2.24) is 4.98 Å². The fourth-order valence-corrected chi connectivity index (χ4v) is 2.73. The van der Waals surface area contributed by atoms with E-state index in [1.807, 2.05) is 43.3 Å². The van der Waals surface area contributed by atoms with Crippen LogP contribution in [0.3, 0.4) is 0 Å². The zero-order chi connectivity index (χ0) is 13.9. The molecule has 0 saturated heterocycles. The Bertz CT molecular complexity index is 764. The van der Waals surface area contributed by atoms with Gasteiger partial charge in [0.25, 0.3) is 0 Å². The highest BCUT2D eigenvalue weighted by Gasteiger charge is 2.09. The molecule has 0 unspecified atom stereocenters. The summed E-state index contributed by atoms with van der Waals surface area (Å²) in [5, 5.41) is 0. The summed E-state index contributed by atoms with van der Waals surface area (Å²) in [6.07, 6.45) is 0. The number of nitrogens with zero attached hydrogens (tertiary/aromatic N) is 1. The van der Waals surface area contributed by atoms with Crippen LogP contribution in [0.1, 0.15) is 21.5 Å². The topological polar surface area (TPSA) is 39.2 Å². The second kappa shape index (κ2) is 5.43. The monoisotopic (exact) mass is 283 g/mol. The zero-order valence-corrected chi connectivity index (χ0v) is 11.8. The number of fused-ring (bicyclic) bond motifs is 1. The average Bonchev–Trinajstić information content (AvgIpc) is 2.92. The number of carbonyl (C=O) groups excluding carboxylic acids is 1. The van der Waals surface area contributed by atoms with Gasteiger partial charge in [0.2, 0.25) is 0 Å². The second-order valence-electron chi connectivity index (χ2n) is 4.60. The molecule has 0 aliphatic rings. The Balaban J connectivity index is 1.72. The van der Waals surface area contributed by atoms with Crippen molar-refractivity contribution in [2.75, 3.05) is 0 Å². The predicted molar refractivity (Wildman–Crippen MR) is 79.9 cm³/mol. The first kappa shape index (κ1) is 12.8. The Morgan fingerprint density at radius 3 is 3.00 bits per heavy atom. The SMILES string of the molecule is Cc1cccc(COC(=O)c2ccc3ncsc3c2)c1. The van der Waals surface area contributed by atoms with Crippen molar-refractivity contribution < 1.29 is 9.53 Å². The van der Waals surface area contributed by atoms with Crippen LogP contribution in [0, 0.1) is 6.92 Å². The minimum Gasteiger partial charge on any atom is -0.457 e. The number of aryl methyl sites for hydroxylation is 1. The highest BCUT2D eigenvalue weighted by Crippen LogP contribution is 2.19. The smallest absolute Gasteiger partial charge is 0.338 e. The zero-order valence-electron chi connectivity index (χ0n) is 11.0. The van der Waals surface area contributed by atoms with Crippen molar-refractivity contribution >= 4 is 27.5 Å². The van der Waals surface area contributed by atoms with Crippen LogP contribution in [0.25, 0.3) is 10.2 Å². The Kier molecular flexibility index (Phi) is 3.48. The first-order valence-corrected chi connectivity index (χ1v) is 7.16. The first-order valence-electron chi connectivity index (χ1n) is 6.28. The molecular formula is C16H13NO2S. The Hall–Kier alpha value is -2.20. The van der Waals surface area contributed by atoms with E-state index in [0.29, 0.717) is 12.2 Å². The molecule has 1 aromatic heterocycles. The molecule has 0 spiro atoms. The summed E-state index contributed by atoms with van der Waals surface area (Å²) >= 11 is 1.52. The van der Waals surface area contributed by atoms with Crippen molar-refractivity contribution in [3.63, 3.8) is 0 Å². The Morgan fingerprint density at radius 2 is 2.15 bits per heavy atom. The maximum Gasteiger partial charge on any atom is 0.338 e. The molecule has 100 valence electrons. The standard InChI is InChI=1S/C16H13NO2S/c1-11-3-2-4-12(7-11)9-19-16(18)13-5-6-14-15(8-13)20-10-17-14/h2-8,10H,9H2,1H3. The van der Waals surface area contributed by atoms with E-state index in [-0.39, 0.29) is 5.97 Å². The van der Waals surface area contributed by atoms with Gasteiger partial charge in [-0.2, -0.15) is 0 Å². The minimum atomic E-state index is -0.304. The van der Waals surface area contributed by atoms with Crippen LogP contribution in [0.5, 0.6) is 0 Å². The number of hydrogen-bond acceptors (Lipinski definition) is 4. The van der Waals surface area contributed by atoms with Gasteiger partial charge < -0.3 is 4.74 Å². The Morgan fingerprint density at radius 1 is 1.25 bits per heavy atom. The van der Waals surface area contributed by atoms with E-state index >= 15 is 0 Å². The van der Waals surface area contributed by atoms with Gasteiger partial charge >= 0.3 is 5.97 Å². The van der Waals surface area contributed by atoms with Gasteiger partial charge in [-0.1, -0.05) is 29.8 Å². The number of benzene rings is 2. The molecule has 0 atom stereocenters.